The predicted molar refractivity (Wildman–Crippen MR) is 68.0 cm³/mol. The van der Waals surface area contributed by atoms with E-state index in [1.54, 1.807) is 6.07 Å². The summed E-state index contributed by atoms with van der Waals surface area (Å²) in [6.07, 6.45) is -0.181. The molecule has 0 aliphatic carbocycles. The van der Waals surface area contributed by atoms with Gasteiger partial charge in [0, 0.05) is 19.5 Å². The number of hydrogen-bond acceptors (Lipinski definition) is 4. The molecule has 0 aromatic heterocycles. The van der Waals surface area contributed by atoms with Crippen molar-refractivity contribution in [2.75, 3.05) is 13.7 Å². The second kappa shape index (κ2) is 5.67. The number of carbonyl (C=O) groups is 1. The number of halogens is 1. The molecule has 1 aliphatic heterocycles. The summed E-state index contributed by atoms with van der Waals surface area (Å²) in [7, 11) is 1.33. The fourth-order valence-corrected chi connectivity index (χ4v) is 2.46. The van der Waals surface area contributed by atoms with Crippen LogP contribution in [0.4, 0.5) is 4.39 Å². The van der Waals surface area contributed by atoms with Gasteiger partial charge in [0.2, 0.25) is 0 Å². The van der Waals surface area contributed by atoms with Gasteiger partial charge >= 0.3 is 5.97 Å². The van der Waals surface area contributed by atoms with Crippen molar-refractivity contribution in [2.45, 2.75) is 32.0 Å². The third-order valence-corrected chi connectivity index (χ3v) is 3.54. The molecule has 0 bridgehead atoms. The third kappa shape index (κ3) is 3.11. The summed E-state index contributed by atoms with van der Waals surface area (Å²) >= 11 is 0. The molecule has 1 fully saturated rings. The van der Waals surface area contributed by atoms with Crippen molar-refractivity contribution in [3.63, 3.8) is 0 Å². The van der Waals surface area contributed by atoms with Gasteiger partial charge in [0.25, 0.3) is 0 Å². The Morgan fingerprint density at radius 3 is 3.00 bits per heavy atom. The van der Waals surface area contributed by atoms with E-state index in [-0.39, 0.29) is 11.8 Å². The highest BCUT2D eigenvalue weighted by molar-refractivity contribution is 5.76. The molecule has 0 amide bonds. The number of aliphatic hydroxyl groups is 1. The minimum absolute atomic E-state index is 0.296. The standard InChI is InChI=1S/C14H18FNO3/c1-9-3-4-11(15)5-10(9)7-16-8-12(17)6-13(16)14(18)19-2/h3-5,12-13,17H,6-8H2,1-2H3. The number of carbonyl (C=O) groups excluding carboxylic acids is 1. The van der Waals surface area contributed by atoms with Crippen LogP contribution in [-0.4, -0.2) is 41.8 Å². The van der Waals surface area contributed by atoms with Crippen molar-refractivity contribution in [3.05, 3.63) is 35.1 Å². The lowest BCUT2D eigenvalue weighted by molar-refractivity contribution is -0.146. The monoisotopic (exact) mass is 267 g/mol. The average Bonchev–Trinajstić information content (AvgIpc) is 2.74. The fourth-order valence-electron chi connectivity index (χ4n) is 2.46. The summed E-state index contributed by atoms with van der Waals surface area (Å²) in [6, 6.07) is 4.14. The van der Waals surface area contributed by atoms with Crippen LogP contribution < -0.4 is 0 Å². The van der Waals surface area contributed by atoms with Crippen molar-refractivity contribution in [3.8, 4) is 0 Å². The quantitative estimate of drug-likeness (QED) is 0.837. The number of ether oxygens (including phenoxy) is 1. The van der Waals surface area contributed by atoms with Crippen LogP contribution in [0.5, 0.6) is 0 Å². The maximum absolute atomic E-state index is 13.3. The van der Waals surface area contributed by atoms with Crippen molar-refractivity contribution < 1.29 is 19.0 Å². The highest BCUT2D eigenvalue weighted by Crippen LogP contribution is 2.23. The Balaban J connectivity index is 2.16. The van der Waals surface area contributed by atoms with Gasteiger partial charge in [0.15, 0.2) is 0 Å². The molecule has 1 aliphatic rings. The molecule has 0 spiro atoms. The molecule has 5 heteroatoms. The van der Waals surface area contributed by atoms with Crippen LogP contribution >= 0.6 is 0 Å². The topological polar surface area (TPSA) is 49.8 Å². The van der Waals surface area contributed by atoms with E-state index in [2.05, 4.69) is 0 Å². The molecule has 19 heavy (non-hydrogen) atoms. The van der Waals surface area contributed by atoms with E-state index >= 15 is 0 Å². The minimum atomic E-state index is -0.544. The number of esters is 1. The molecule has 1 saturated heterocycles. The molecule has 1 aromatic rings. The number of β-amino-alcohol motifs (C(OH)–C–C–N with tert-alkyl or cyclic N) is 1. The highest BCUT2D eigenvalue weighted by atomic mass is 19.1. The van der Waals surface area contributed by atoms with E-state index < -0.39 is 12.1 Å². The van der Waals surface area contributed by atoms with Crippen LogP contribution in [0.3, 0.4) is 0 Å². The first kappa shape index (κ1) is 14.0. The Labute approximate surface area is 111 Å². The lowest BCUT2D eigenvalue weighted by Gasteiger charge is -2.22. The molecule has 1 N–H and O–H groups in total. The zero-order valence-electron chi connectivity index (χ0n) is 11.1. The molecule has 2 rings (SSSR count). The van der Waals surface area contributed by atoms with Crippen molar-refractivity contribution in [2.24, 2.45) is 0 Å². The first-order chi connectivity index (χ1) is 9.01. The van der Waals surface area contributed by atoms with Gasteiger partial charge in [0.05, 0.1) is 13.2 Å². The Kier molecular flexibility index (Phi) is 4.17. The Morgan fingerprint density at radius 2 is 2.32 bits per heavy atom. The van der Waals surface area contributed by atoms with Gasteiger partial charge in [-0.3, -0.25) is 9.69 Å². The first-order valence-corrected chi connectivity index (χ1v) is 6.26. The predicted octanol–water partition coefficient (Wildman–Crippen LogP) is 1.24. The lowest BCUT2D eigenvalue weighted by atomic mass is 10.1. The van der Waals surface area contributed by atoms with E-state index in [0.717, 1.165) is 11.1 Å². The van der Waals surface area contributed by atoms with Crippen molar-refractivity contribution in [1.29, 1.82) is 0 Å². The van der Waals surface area contributed by atoms with Gasteiger partial charge in [0.1, 0.15) is 11.9 Å². The Hall–Kier alpha value is -1.46. The lowest BCUT2D eigenvalue weighted by Crippen LogP contribution is -2.36. The maximum Gasteiger partial charge on any atom is 0.323 e. The van der Waals surface area contributed by atoms with E-state index in [4.69, 9.17) is 4.74 Å². The second-order valence-electron chi connectivity index (χ2n) is 4.93. The van der Waals surface area contributed by atoms with E-state index in [9.17, 15) is 14.3 Å². The largest absolute Gasteiger partial charge is 0.468 e. The first-order valence-electron chi connectivity index (χ1n) is 6.26. The maximum atomic E-state index is 13.3. The zero-order chi connectivity index (χ0) is 14.0. The van der Waals surface area contributed by atoms with Crippen LogP contribution in [0.15, 0.2) is 18.2 Å². The summed E-state index contributed by atoms with van der Waals surface area (Å²) in [4.78, 5) is 13.5. The number of hydrogen-bond donors (Lipinski definition) is 1. The van der Waals surface area contributed by atoms with Gasteiger partial charge in [-0.25, -0.2) is 4.39 Å². The summed E-state index contributed by atoms with van der Waals surface area (Å²) in [5.41, 5.74) is 1.79. The second-order valence-corrected chi connectivity index (χ2v) is 4.93. The number of benzene rings is 1. The Morgan fingerprint density at radius 1 is 1.58 bits per heavy atom. The van der Waals surface area contributed by atoms with Crippen LogP contribution in [-0.2, 0) is 16.1 Å². The van der Waals surface area contributed by atoms with Gasteiger partial charge < -0.3 is 9.84 Å². The van der Waals surface area contributed by atoms with Crippen molar-refractivity contribution >= 4 is 5.97 Å². The van der Waals surface area contributed by atoms with Gasteiger partial charge in [-0.15, -0.1) is 0 Å². The average molecular weight is 267 g/mol. The molecule has 2 atom stereocenters. The smallest absolute Gasteiger partial charge is 0.323 e. The number of likely N-dealkylation sites (tertiary alicyclic amines) is 1. The molecule has 1 aromatic carbocycles. The minimum Gasteiger partial charge on any atom is -0.468 e. The molecule has 4 nitrogen and oxygen atoms in total. The number of methoxy groups -OCH3 is 1. The molecule has 0 radical (unpaired) electrons. The van der Waals surface area contributed by atoms with E-state index in [1.807, 2.05) is 11.8 Å². The van der Waals surface area contributed by atoms with Crippen LogP contribution in [0, 0.1) is 12.7 Å². The van der Waals surface area contributed by atoms with Gasteiger partial charge in [-0.05, 0) is 30.2 Å². The fraction of sp³-hybridized carbons (Fsp3) is 0.500. The van der Waals surface area contributed by atoms with E-state index in [1.165, 1.54) is 19.2 Å². The van der Waals surface area contributed by atoms with Crippen LogP contribution in [0.2, 0.25) is 0 Å². The molecule has 1 heterocycles. The molecule has 104 valence electrons. The molecular formula is C14H18FNO3. The van der Waals surface area contributed by atoms with Gasteiger partial charge in [-0.1, -0.05) is 6.07 Å². The van der Waals surface area contributed by atoms with E-state index in [0.29, 0.717) is 19.5 Å². The number of aryl methyl sites for hydroxylation is 1. The summed E-state index contributed by atoms with van der Waals surface area (Å²) < 4.78 is 18.0. The SMILES string of the molecule is COC(=O)C1CC(O)CN1Cc1cc(F)ccc1C. The highest BCUT2D eigenvalue weighted by Gasteiger charge is 2.36. The normalized spacial score (nSPS) is 23.6. The molecule has 2 unspecified atom stereocenters. The summed E-state index contributed by atoms with van der Waals surface area (Å²) in [6.45, 7) is 2.73. The third-order valence-electron chi connectivity index (χ3n) is 3.54. The summed E-state index contributed by atoms with van der Waals surface area (Å²) in [5, 5.41) is 9.69. The van der Waals surface area contributed by atoms with Crippen LogP contribution in [0.25, 0.3) is 0 Å². The Bertz CT molecular complexity index is 478. The number of rotatable bonds is 3. The number of nitrogens with zero attached hydrogens (tertiary/aromatic N) is 1. The summed E-state index contributed by atoms with van der Waals surface area (Å²) in [5.74, 6) is -0.652. The van der Waals surface area contributed by atoms with Crippen molar-refractivity contribution in [1.82, 2.24) is 4.90 Å². The van der Waals surface area contributed by atoms with Gasteiger partial charge in [-0.2, -0.15) is 0 Å². The molecule has 0 saturated carbocycles. The van der Waals surface area contributed by atoms with Crippen LogP contribution in [0.1, 0.15) is 17.5 Å². The zero-order valence-corrected chi connectivity index (χ0v) is 11.1. The molecular weight excluding hydrogens is 249 g/mol. The number of aliphatic hydroxyl groups excluding tert-OH is 1.